The zero-order valence-corrected chi connectivity index (χ0v) is 11.0. The number of likely N-dealkylation sites (tertiary alicyclic amines) is 1. The molecule has 0 unspecified atom stereocenters. The minimum absolute atomic E-state index is 0.352. The minimum atomic E-state index is -0.374. The van der Waals surface area contributed by atoms with Crippen LogP contribution in [0.2, 0.25) is 0 Å². The lowest BCUT2D eigenvalue weighted by Gasteiger charge is -2.25. The highest BCUT2D eigenvalue weighted by molar-refractivity contribution is 5.87. The number of aromatic nitrogens is 1. The van der Waals surface area contributed by atoms with Crippen LogP contribution in [-0.2, 0) is 0 Å². The van der Waals surface area contributed by atoms with Gasteiger partial charge in [0.1, 0.15) is 11.6 Å². The molecule has 1 aromatic heterocycles. The molecular weight excluding hydrogens is 259 g/mol. The zero-order valence-electron chi connectivity index (χ0n) is 11.0. The summed E-state index contributed by atoms with van der Waals surface area (Å²) >= 11 is 0. The van der Waals surface area contributed by atoms with Gasteiger partial charge in [-0.1, -0.05) is 0 Å². The third kappa shape index (κ3) is 2.57. The molecule has 0 aliphatic carbocycles. The molecule has 0 spiro atoms. The van der Waals surface area contributed by atoms with E-state index in [9.17, 15) is 9.18 Å². The van der Waals surface area contributed by atoms with Crippen LogP contribution in [0.25, 0.3) is 10.9 Å². The van der Waals surface area contributed by atoms with Crippen LogP contribution >= 0.6 is 0 Å². The van der Waals surface area contributed by atoms with Crippen molar-refractivity contribution in [2.24, 2.45) is 0 Å². The van der Waals surface area contributed by atoms with Crippen molar-refractivity contribution >= 4 is 17.0 Å². The highest BCUT2D eigenvalue weighted by atomic mass is 19.1. The van der Waals surface area contributed by atoms with E-state index in [0.29, 0.717) is 16.7 Å². The topological polar surface area (TPSA) is 42.4 Å². The van der Waals surface area contributed by atoms with E-state index < -0.39 is 0 Å². The largest absolute Gasteiger partial charge is 0.415 e. The smallest absolute Gasteiger partial charge is 0.409 e. The van der Waals surface area contributed by atoms with E-state index >= 15 is 0 Å². The fourth-order valence-corrected chi connectivity index (χ4v) is 2.42. The van der Waals surface area contributed by atoms with Gasteiger partial charge in [-0.05, 0) is 43.5 Å². The van der Waals surface area contributed by atoms with Crippen molar-refractivity contribution in [3.63, 3.8) is 0 Å². The van der Waals surface area contributed by atoms with Crippen molar-refractivity contribution in [2.45, 2.75) is 19.3 Å². The van der Waals surface area contributed by atoms with Crippen molar-refractivity contribution in [3.05, 3.63) is 36.3 Å². The number of piperidine rings is 1. The molecule has 1 fully saturated rings. The van der Waals surface area contributed by atoms with Gasteiger partial charge in [-0.15, -0.1) is 0 Å². The van der Waals surface area contributed by atoms with Crippen LogP contribution in [0, 0.1) is 5.82 Å². The molecule has 20 heavy (non-hydrogen) atoms. The highest BCUT2D eigenvalue weighted by Gasteiger charge is 2.19. The number of ether oxygens (including phenoxy) is 1. The molecule has 5 heteroatoms. The Balaban J connectivity index is 1.86. The number of rotatable bonds is 1. The molecule has 3 rings (SSSR count). The molecule has 1 aliphatic heterocycles. The maximum Gasteiger partial charge on any atom is 0.415 e. The van der Waals surface area contributed by atoms with Crippen molar-refractivity contribution in [3.8, 4) is 5.75 Å². The van der Waals surface area contributed by atoms with E-state index in [-0.39, 0.29) is 11.9 Å². The molecule has 1 aliphatic rings. The average Bonchev–Trinajstić information content (AvgIpc) is 2.49. The third-order valence-corrected chi connectivity index (χ3v) is 3.48. The second kappa shape index (κ2) is 5.45. The minimum Gasteiger partial charge on any atom is -0.409 e. The first kappa shape index (κ1) is 12.8. The van der Waals surface area contributed by atoms with E-state index in [0.717, 1.165) is 32.4 Å². The molecule has 0 bridgehead atoms. The van der Waals surface area contributed by atoms with E-state index in [2.05, 4.69) is 4.98 Å². The highest BCUT2D eigenvalue weighted by Crippen LogP contribution is 2.25. The fraction of sp³-hybridized carbons (Fsp3) is 0.333. The second-order valence-corrected chi connectivity index (χ2v) is 4.89. The van der Waals surface area contributed by atoms with Crippen LogP contribution < -0.4 is 4.74 Å². The number of carbonyl (C=O) groups excluding carboxylic acids is 1. The summed E-state index contributed by atoms with van der Waals surface area (Å²) in [6.45, 7) is 1.44. The summed E-state index contributed by atoms with van der Waals surface area (Å²) < 4.78 is 18.7. The number of carbonyl (C=O) groups is 1. The monoisotopic (exact) mass is 274 g/mol. The van der Waals surface area contributed by atoms with Gasteiger partial charge in [0.25, 0.3) is 0 Å². The summed E-state index contributed by atoms with van der Waals surface area (Å²) in [5.74, 6) is -0.0224. The Morgan fingerprint density at radius 2 is 2.00 bits per heavy atom. The molecule has 1 amide bonds. The van der Waals surface area contributed by atoms with Crippen LogP contribution in [0.1, 0.15) is 19.3 Å². The summed E-state index contributed by atoms with van der Waals surface area (Å²) in [5, 5.41) is 0.512. The SMILES string of the molecule is O=C(Oc1ccnc2ccc(F)cc12)N1CCCCC1. The number of fused-ring (bicyclic) bond motifs is 1. The molecule has 2 aromatic rings. The number of pyridine rings is 1. The molecule has 104 valence electrons. The number of amides is 1. The second-order valence-electron chi connectivity index (χ2n) is 4.89. The van der Waals surface area contributed by atoms with Crippen molar-refractivity contribution in [1.82, 2.24) is 9.88 Å². The first-order valence-electron chi connectivity index (χ1n) is 6.75. The Morgan fingerprint density at radius 1 is 1.20 bits per heavy atom. The van der Waals surface area contributed by atoms with E-state index in [1.165, 1.54) is 12.1 Å². The summed E-state index contributed by atoms with van der Waals surface area (Å²) in [6, 6.07) is 5.83. The van der Waals surface area contributed by atoms with Crippen molar-refractivity contribution < 1.29 is 13.9 Å². The van der Waals surface area contributed by atoms with Crippen LogP contribution in [0.5, 0.6) is 5.75 Å². The molecule has 2 heterocycles. The van der Waals surface area contributed by atoms with Crippen molar-refractivity contribution in [1.29, 1.82) is 0 Å². The Labute approximate surface area is 116 Å². The fourth-order valence-electron chi connectivity index (χ4n) is 2.42. The maximum absolute atomic E-state index is 13.3. The van der Waals surface area contributed by atoms with Gasteiger partial charge in [0.15, 0.2) is 0 Å². The zero-order chi connectivity index (χ0) is 13.9. The van der Waals surface area contributed by atoms with Crippen LogP contribution in [0.4, 0.5) is 9.18 Å². The lowest BCUT2D eigenvalue weighted by atomic mass is 10.1. The third-order valence-electron chi connectivity index (χ3n) is 3.48. The molecule has 1 aromatic carbocycles. The quantitative estimate of drug-likeness (QED) is 0.800. The van der Waals surface area contributed by atoms with Gasteiger partial charge in [0, 0.05) is 24.7 Å². The van der Waals surface area contributed by atoms with Gasteiger partial charge >= 0.3 is 6.09 Å². The van der Waals surface area contributed by atoms with Gasteiger partial charge in [-0.3, -0.25) is 4.98 Å². The standard InChI is InChI=1S/C15H15FN2O2/c16-11-4-5-13-12(10-11)14(6-7-17-13)20-15(19)18-8-2-1-3-9-18/h4-7,10H,1-3,8-9H2. The predicted octanol–water partition coefficient (Wildman–Crippen LogP) is 3.36. The summed E-state index contributed by atoms with van der Waals surface area (Å²) in [7, 11) is 0. The van der Waals surface area contributed by atoms with Gasteiger partial charge in [0.05, 0.1) is 5.52 Å². The molecule has 0 N–H and O–H groups in total. The van der Waals surface area contributed by atoms with Crippen LogP contribution in [-0.4, -0.2) is 29.1 Å². The molecule has 1 saturated heterocycles. The first-order valence-corrected chi connectivity index (χ1v) is 6.75. The Bertz CT molecular complexity index is 639. The Morgan fingerprint density at radius 3 is 2.80 bits per heavy atom. The first-order chi connectivity index (χ1) is 9.74. The molecular formula is C15H15FN2O2. The number of hydrogen-bond acceptors (Lipinski definition) is 3. The van der Waals surface area contributed by atoms with E-state index in [1.54, 1.807) is 23.2 Å². The molecule has 0 atom stereocenters. The molecule has 4 nitrogen and oxygen atoms in total. The number of benzene rings is 1. The van der Waals surface area contributed by atoms with Gasteiger partial charge in [-0.2, -0.15) is 0 Å². The normalized spacial score (nSPS) is 15.3. The van der Waals surface area contributed by atoms with E-state index in [4.69, 9.17) is 4.74 Å². The number of hydrogen-bond donors (Lipinski definition) is 0. The molecule has 0 saturated carbocycles. The predicted molar refractivity (Wildman–Crippen MR) is 73.1 cm³/mol. The summed E-state index contributed by atoms with van der Waals surface area (Å²) in [5.41, 5.74) is 0.607. The van der Waals surface area contributed by atoms with E-state index in [1.807, 2.05) is 0 Å². The Hall–Kier alpha value is -2.17. The Kier molecular flexibility index (Phi) is 3.50. The van der Waals surface area contributed by atoms with Crippen LogP contribution in [0.3, 0.4) is 0 Å². The maximum atomic E-state index is 13.3. The number of nitrogens with zero attached hydrogens (tertiary/aromatic N) is 2. The van der Waals surface area contributed by atoms with Gasteiger partial charge in [0.2, 0.25) is 0 Å². The van der Waals surface area contributed by atoms with Gasteiger partial charge in [-0.25, -0.2) is 9.18 Å². The summed E-state index contributed by atoms with van der Waals surface area (Å²) in [4.78, 5) is 17.9. The van der Waals surface area contributed by atoms with Crippen LogP contribution in [0.15, 0.2) is 30.5 Å². The van der Waals surface area contributed by atoms with Crippen molar-refractivity contribution in [2.75, 3.05) is 13.1 Å². The summed E-state index contributed by atoms with van der Waals surface area (Å²) in [6.07, 6.45) is 4.33. The lowest BCUT2D eigenvalue weighted by molar-refractivity contribution is 0.143. The lowest BCUT2D eigenvalue weighted by Crippen LogP contribution is -2.37. The average molecular weight is 274 g/mol. The number of halogens is 1. The van der Waals surface area contributed by atoms with Gasteiger partial charge < -0.3 is 9.64 Å². The molecule has 0 radical (unpaired) electrons.